The molecule has 0 radical (unpaired) electrons. The smallest absolute Gasteiger partial charge is 0.253 e. The van der Waals surface area contributed by atoms with Crippen molar-refractivity contribution in [3.8, 4) is 0 Å². The number of hydrogen-bond donors (Lipinski definition) is 1. The van der Waals surface area contributed by atoms with Gasteiger partial charge in [-0.25, -0.2) is 0 Å². The van der Waals surface area contributed by atoms with Crippen molar-refractivity contribution in [2.24, 2.45) is 0 Å². The van der Waals surface area contributed by atoms with Gasteiger partial charge in [-0.15, -0.1) is 0 Å². The lowest BCUT2D eigenvalue weighted by Gasteiger charge is -2.20. The van der Waals surface area contributed by atoms with E-state index in [2.05, 4.69) is 39.5 Å². The largest absolute Gasteiger partial charge is 0.372 e. The Kier molecular flexibility index (Phi) is 4.37. The fourth-order valence-corrected chi connectivity index (χ4v) is 2.83. The fourth-order valence-electron chi connectivity index (χ4n) is 2.83. The predicted molar refractivity (Wildman–Crippen MR) is 88.0 cm³/mol. The molecule has 1 unspecified atom stereocenters. The molecule has 4 nitrogen and oxygen atoms in total. The number of anilines is 1. The lowest BCUT2D eigenvalue weighted by Crippen LogP contribution is -2.27. The maximum atomic E-state index is 12.2. The van der Waals surface area contributed by atoms with Gasteiger partial charge in [0.15, 0.2) is 0 Å². The van der Waals surface area contributed by atoms with Crippen molar-refractivity contribution < 1.29 is 4.79 Å². The molecule has 1 N–H and O–H groups in total. The minimum atomic E-state index is -0.0906. The molecule has 1 fully saturated rings. The third-order valence-corrected chi connectivity index (χ3v) is 4.11. The van der Waals surface area contributed by atoms with Gasteiger partial charge in [0, 0.05) is 31.2 Å². The Labute approximate surface area is 131 Å². The number of carbonyl (C=O) groups excluding carboxylic acids is 1. The van der Waals surface area contributed by atoms with Gasteiger partial charge >= 0.3 is 0 Å². The van der Waals surface area contributed by atoms with E-state index in [4.69, 9.17) is 0 Å². The van der Waals surface area contributed by atoms with Crippen molar-refractivity contribution in [2.75, 3.05) is 18.0 Å². The Morgan fingerprint density at radius 3 is 2.77 bits per heavy atom. The average Bonchev–Trinajstić information content (AvgIpc) is 3.10. The molecule has 22 heavy (non-hydrogen) atoms. The van der Waals surface area contributed by atoms with Gasteiger partial charge in [-0.05, 0) is 49.6 Å². The normalized spacial score (nSPS) is 15.6. The molecule has 2 aromatic rings. The van der Waals surface area contributed by atoms with Crippen LogP contribution in [-0.2, 0) is 0 Å². The summed E-state index contributed by atoms with van der Waals surface area (Å²) in [5, 5.41) is 3.03. The number of benzene rings is 1. The quantitative estimate of drug-likeness (QED) is 0.942. The Bertz CT molecular complexity index is 636. The SMILES string of the molecule is CC(NC(=O)c1cccnc1)c1cccc(N2CCCC2)c1. The highest BCUT2D eigenvalue weighted by Crippen LogP contribution is 2.24. The van der Waals surface area contributed by atoms with E-state index >= 15 is 0 Å². The maximum Gasteiger partial charge on any atom is 0.253 e. The van der Waals surface area contributed by atoms with Crippen LogP contribution in [0.15, 0.2) is 48.8 Å². The minimum Gasteiger partial charge on any atom is -0.372 e. The maximum absolute atomic E-state index is 12.2. The summed E-state index contributed by atoms with van der Waals surface area (Å²) in [6.45, 7) is 4.26. The fraction of sp³-hybridized carbons (Fsp3) is 0.333. The van der Waals surface area contributed by atoms with Crippen LogP contribution in [0.2, 0.25) is 0 Å². The van der Waals surface area contributed by atoms with Crippen molar-refractivity contribution in [2.45, 2.75) is 25.8 Å². The lowest BCUT2D eigenvalue weighted by atomic mass is 10.1. The molecule has 1 aliphatic heterocycles. The lowest BCUT2D eigenvalue weighted by molar-refractivity contribution is 0.0939. The summed E-state index contributed by atoms with van der Waals surface area (Å²) in [5.74, 6) is -0.0906. The average molecular weight is 295 g/mol. The zero-order chi connectivity index (χ0) is 15.4. The van der Waals surface area contributed by atoms with Crippen LogP contribution in [0.1, 0.15) is 41.7 Å². The molecule has 0 spiro atoms. The van der Waals surface area contributed by atoms with Crippen LogP contribution < -0.4 is 10.2 Å². The first-order valence-electron chi connectivity index (χ1n) is 7.80. The van der Waals surface area contributed by atoms with Gasteiger partial charge < -0.3 is 10.2 Å². The summed E-state index contributed by atoms with van der Waals surface area (Å²) in [7, 11) is 0. The van der Waals surface area contributed by atoms with Crippen molar-refractivity contribution in [3.63, 3.8) is 0 Å². The van der Waals surface area contributed by atoms with Gasteiger partial charge in [-0.1, -0.05) is 12.1 Å². The Balaban J connectivity index is 1.70. The van der Waals surface area contributed by atoms with Gasteiger partial charge in [0.25, 0.3) is 5.91 Å². The molecule has 0 aliphatic carbocycles. The van der Waals surface area contributed by atoms with E-state index in [0.717, 1.165) is 18.7 Å². The zero-order valence-electron chi connectivity index (χ0n) is 12.8. The standard InChI is InChI=1S/C18H21N3O/c1-14(20-18(22)16-7-5-9-19-13-16)15-6-4-8-17(12-15)21-10-2-3-11-21/h4-9,12-14H,2-3,10-11H2,1H3,(H,20,22). The van der Waals surface area contributed by atoms with Gasteiger partial charge in [0.2, 0.25) is 0 Å². The van der Waals surface area contributed by atoms with E-state index < -0.39 is 0 Å². The van der Waals surface area contributed by atoms with E-state index in [0.29, 0.717) is 5.56 Å². The third kappa shape index (κ3) is 3.27. The molecule has 1 saturated heterocycles. The molecule has 1 aromatic heterocycles. The highest BCUT2D eigenvalue weighted by molar-refractivity contribution is 5.94. The molecule has 1 aromatic carbocycles. The molecule has 0 saturated carbocycles. The number of nitrogens with one attached hydrogen (secondary N) is 1. The highest BCUT2D eigenvalue weighted by atomic mass is 16.1. The van der Waals surface area contributed by atoms with Crippen LogP contribution in [-0.4, -0.2) is 24.0 Å². The van der Waals surface area contributed by atoms with Crippen molar-refractivity contribution >= 4 is 11.6 Å². The number of rotatable bonds is 4. The molecular weight excluding hydrogens is 274 g/mol. The van der Waals surface area contributed by atoms with Crippen LogP contribution in [0.5, 0.6) is 0 Å². The molecule has 2 heterocycles. The van der Waals surface area contributed by atoms with E-state index in [1.807, 2.05) is 6.92 Å². The summed E-state index contributed by atoms with van der Waals surface area (Å²) < 4.78 is 0. The first-order valence-corrected chi connectivity index (χ1v) is 7.80. The van der Waals surface area contributed by atoms with Crippen molar-refractivity contribution in [1.29, 1.82) is 0 Å². The molecule has 114 valence electrons. The van der Waals surface area contributed by atoms with Gasteiger partial charge in [-0.2, -0.15) is 0 Å². The van der Waals surface area contributed by atoms with Crippen LogP contribution in [0, 0.1) is 0 Å². The van der Waals surface area contributed by atoms with Gasteiger partial charge in [-0.3, -0.25) is 9.78 Å². The molecule has 1 atom stereocenters. The van der Waals surface area contributed by atoms with Crippen LogP contribution >= 0.6 is 0 Å². The molecular formula is C18H21N3O. The number of aromatic nitrogens is 1. The molecule has 1 aliphatic rings. The van der Waals surface area contributed by atoms with E-state index in [-0.39, 0.29) is 11.9 Å². The second-order valence-electron chi connectivity index (χ2n) is 5.73. The van der Waals surface area contributed by atoms with E-state index in [1.54, 1.807) is 24.5 Å². The summed E-state index contributed by atoms with van der Waals surface area (Å²) in [6, 6.07) is 12.0. The minimum absolute atomic E-state index is 0.0322. The molecule has 4 heteroatoms. The number of amides is 1. The van der Waals surface area contributed by atoms with Crippen molar-refractivity contribution in [3.05, 3.63) is 59.9 Å². The van der Waals surface area contributed by atoms with Crippen LogP contribution in [0.25, 0.3) is 0 Å². The van der Waals surface area contributed by atoms with Crippen LogP contribution in [0.4, 0.5) is 5.69 Å². The second-order valence-corrected chi connectivity index (χ2v) is 5.73. The molecule has 3 rings (SSSR count). The van der Waals surface area contributed by atoms with Gasteiger partial charge in [0.05, 0.1) is 11.6 Å². The predicted octanol–water partition coefficient (Wildman–Crippen LogP) is 3.17. The Hall–Kier alpha value is -2.36. The Morgan fingerprint density at radius 1 is 1.23 bits per heavy atom. The van der Waals surface area contributed by atoms with E-state index in [1.165, 1.54) is 18.5 Å². The number of pyridine rings is 1. The monoisotopic (exact) mass is 295 g/mol. The van der Waals surface area contributed by atoms with E-state index in [9.17, 15) is 4.79 Å². The van der Waals surface area contributed by atoms with Crippen molar-refractivity contribution in [1.82, 2.24) is 10.3 Å². The number of nitrogens with zero attached hydrogens (tertiary/aromatic N) is 2. The highest BCUT2D eigenvalue weighted by Gasteiger charge is 2.15. The summed E-state index contributed by atoms with van der Waals surface area (Å²) >= 11 is 0. The first kappa shape index (κ1) is 14.6. The van der Waals surface area contributed by atoms with Gasteiger partial charge in [0.1, 0.15) is 0 Å². The number of hydrogen-bond acceptors (Lipinski definition) is 3. The Morgan fingerprint density at radius 2 is 2.05 bits per heavy atom. The number of carbonyl (C=O) groups is 1. The van der Waals surface area contributed by atoms with Crippen LogP contribution in [0.3, 0.4) is 0 Å². The molecule has 0 bridgehead atoms. The zero-order valence-corrected chi connectivity index (χ0v) is 12.8. The summed E-state index contributed by atoms with van der Waals surface area (Å²) in [6.07, 6.45) is 5.78. The topological polar surface area (TPSA) is 45.2 Å². The first-order chi connectivity index (χ1) is 10.7. The summed E-state index contributed by atoms with van der Waals surface area (Å²) in [4.78, 5) is 18.6. The third-order valence-electron chi connectivity index (χ3n) is 4.11. The summed E-state index contributed by atoms with van der Waals surface area (Å²) in [5.41, 5.74) is 2.96. The second kappa shape index (κ2) is 6.60. The molecule has 1 amide bonds.